The van der Waals surface area contributed by atoms with Gasteiger partial charge >= 0.3 is 5.97 Å². The lowest BCUT2D eigenvalue weighted by Crippen LogP contribution is -2.37. The van der Waals surface area contributed by atoms with Crippen molar-refractivity contribution in [2.45, 2.75) is 51.7 Å². The summed E-state index contributed by atoms with van der Waals surface area (Å²) in [6.45, 7) is 4.29. The van der Waals surface area contributed by atoms with Gasteiger partial charge in [-0.1, -0.05) is 19.8 Å². The highest BCUT2D eigenvalue weighted by molar-refractivity contribution is 5.73. The second-order valence-corrected chi connectivity index (χ2v) is 3.62. The van der Waals surface area contributed by atoms with Crippen LogP contribution in [0.2, 0.25) is 0 Å². The van der Waals surface area contributed by atoms with Gasteiger partial charge in [0.25, 0.3) is 0 Å². The minimum Gasteiger partial charge on any atom is -0.480 e. The molecule has 0 saturated heterocycles. The van der Waals surface area contributed by atoms with E-state index < -0.39 is 12.0 Å². The van der Waals surface area contributed by atoms with E-state index in [-0.39, 0.29) is 6.10 Å². The molecule has 0 amide bonds. The molecule has 0 heterocycles. The van der Waals surface area contributed by atoms with Gasteiger partial charge in [-0.05, 0) is 26.3 Å². The molecule has 84 valence electrons. The van der Waals surface area contributed by atoms with Crippen molar-refractivity contribution in [3.05, 3.63) is 0 Å². The lowest BCUT2D eigenvalue weighted by Gasteiger charge is -2.14. The lowest BCUT2D eigenvalue weighted by molar-refractivity contribution is -0.139. The Morgan fingerprint density at radius 1 is 1.43 bits per heavy atom. The molecule has 0 spiro atoms. The number of unbranched alkanes of at least 4 members (excludes halogenated alkanes) is 1. The maximum absolute atomic E-state index is 10.8. The summed E-state index contributed by atoms with van der Waals surface area (Å²) >= 11 is 0. The van der Waals surface area contributed by atoms with E-state index >= 15 is 0 Å². The van der Waals surface area contributed by atoms with Gasteiger partial charge in [0, 0.05) is 0 Å². The van der Waals surface area contributed by atoms with Gasteiger partial charge in [0.05, 0.1) is 6.10 Å². The monoisotopic (exact) mass is 203 g/mol. The van der Waals surface area contributed by atoms with E-state index in [0.717, 1.165) is 12.8 Å². The number of aliphatic carboxylic acids is 1. The van der Waals surface area contributed by atoms with Gasteiger partial charge in [0.1, 0.15) is 6.04 Å². The van der Waals surface area contributed by atoms with Crippen LogP contribution in [0, 0.1) is 0 Å². The van der Waals surface area contributed by atoms with Crippen molar-refractivity contribution in [2.75, 3.05) is 6.54 Å². The van der Waals surface area contributed by atoms with Gasteiger partial charge in [0.15, 0.2) is 0 Å². The molecule has 0 aliphatic carbocycles. The van der Waals surface area contributed by atoms with Crippen LogP contribution in [0.3, 0.4) is 0 Å². The third kappa shape index (κ3) is 6.86. The second-order valence-electron chi connectivity index (χ2n) is 3.62. The first-order valence-electron chi connectivity index (χ1n) is 5.22. The predicted molar refractivity (Wildman–Crippen MR) is 55.2 cm³/mol. The molecule has 3 N–H and O–H groups in total. The van der Waals surface area contributed by atoms with Crippen molar-refractivity contribution in [3.8, 4) is 0 Å². The number of carboxylic acids is 1. The number of nitrogens with one attached hydrogen (secondary N) is 1. The van der Waals surface area contributed by atoms with Crippen molar-refractivity contribution < 1.29 is 15.0 Å². The number of carboxylic acid groups (broad SMARTS) is 1. The number of carbonyl (C=O) groups is 1. The summed E-state index contributed by atoms with van der Waals surface area (Å²) in [6.07, 6.45) is 2.80. The minimum atomic E-state index is -0.802. The van der Waals surface area contributed by atoms with Crippen LogP contribution >= 0.6 is 0 Å². The van der Waals surface area contributed by atoms with E-state index in [2.05, 4.69) is 5.32 Å². The second kappa shape index (κ2) is 7.76. The number of aliphatic hydroxyl groups excluding tert-OH is 1. The summed E-state index contributed by atoms with van der Waals surface area (Å²) in [7, 11) is 0. The first-order valence-corrected chi connectivity index (χ1v) is 5.22. The van der Waals surface area contributed by atoms with E-state index in [4.69, 9.17) is 10.2 Å². The Morgan fingerprint density at radius 2 is 2.07 bits per heavy atom. The summed E-state index contributed by atoms with van der Waals surface area (Å²) in [6, 6.07) is -0.464. The van der Waals surface area contributed by atoms with Gasteiger partial charge in [-0.2, -0.15) is 0 Å². The summed E-state index contributed by atoms with van der Waals surface area (Å²) in [4.78, 5) is 10.8. The first kappa shape index (κ1) is 13.4. The SMILES string of the molecule is CCCCC(NCCC(C)O)C(=O)O. The Kier molecular flexibility index (Phi) is 7.42. The summed E-state index contributed by atoms with van der Waals surface area (Å²) < 4.78 is 0. The smallest absolute Gasteiger partial charge is 0.320 e. The molecule has 4 heteroatoms. The highest BCUT2D eigenvalue weighted by atomic mass is 16.4. The molecule has 0 fully saturated rings. The fraction of sp³-hybridized carbons (Fsp3) is 0.900. The quantitative estimate of drug-likeness (QED) is 0.550. The summed E-state index contributed by atoms with van der Waals surface area (Å²) in [5.41, 5.74) is 0. The number of aliphatic hydroxyl groups is 1. The molecule has 0 bridgehead atoms. The molecule has 0 saturated carbocycles. The van der Waals surface area contributed by atoms with Crippen LogP contribution in [0.15, 0.2) is 0 Å². The van der Waals surface area contributed by atoms with Crippen LogP contribution in [0.1, 0.15) is 39.5 Å². The van der Waals surface area contributed by atoms with E-state index in [1.54, 1.807) is 6.92 Å². The highest BCUT2D eigenvalue weighted by Crippen LogP contribution is 2.01. The maximum atomic E-state index is 10.8. The molecule has 2 atom stereocenters. The molecule has 0 rings (SSSR count). The number of hydrogen-bond donors (Lipinski definition) is 3. The molecule has 0 aromatic rings. The van der Waals surface area contributed by atoms with Crippen LogP contribution in [0.25, 0.3) is 0 Å². The Balaban J connectivity index is 3.68. The van der Waals surface area contributed by atoms with Gasteiger partial charge in [-0.3, -0.25) is 4.79 Å². The van der Waals surface area contributed by atoms with E-state index in [1.165, 1.54) is 0 Å². The van der Waals surface area contributed by atoms with E-state index in [1.807, 2.05) is 6.92 Å². The largest absolute Gasteiger partial charge is 0.480 e. The number of hydrogen-bond acceptors (Lipinski definition) is 3. The first-order chi connectivity index (χ1) is 6.57. The Labute approximate surface area is 85.3 Å². The van der Waals surface area contributed by atoms with Gasteiger partial charge in [-0.15, -0.1) is 0 Å². The molecular formula is C10H21NO3. The molecule has 0 aromatic heterocycles. The van der Waals surface area contributed by atoms with Crippen LogP contribution < -0.4 is 5.32 Å². The maximum Gasteiger partial charge on any atom is 0.320 e. The molecule has 0 aliphatic heterocycles. The third-order valence-electron chi connectivity index (χ3n) is 2.10. The zero-order valence-electron chi connectivity index (χ0n) is 8.99. The van der Waals surface area contributed by atoms with Gasteiger partial charge in [-0.25, -0.2) is 0 Å². The number of rotatable bonds is 8. The highest BCUT2D eigenvalue weighted by Gasteiger charge is 2.15. The van der Waals surface area contributed by atoms with Gasteiger partial charge in [0.2, 0.25) is 0 Å². The Morgan fingerprint density at radius 3 is 2.50 bits per heavy atom. The van der Waals surface area contributed by atoms with Crippen molar-refractivity contribution in [1.29, 1.82) is 0 Å². The minimum absolute atomic E-state index is 0.372. The Hall–Kier alpha value is -0.610. The van der Waals surface area contributed by atoms with E-state index in [9.17, 15) is 4.79 Å². The average Bonchev–Trinajstić information content (AvgIpc) is 2.09. The van der Waals surface area contributed by atoms with Crippen LogP contribution in [-0.4, -0.2) is 34.9 Å². The van der Waals surface area contributed by atoms with Gasteiger partial charge < -0.3 is 15.5 Å². The average molecular weight is 203 g/mol. The third-order valence-corrected chi connectivity index (χ3v) is 2.10. The molecule has 0 radical (unpaired) electrons. The zero-order chi connectivity index (χ0) is 11.0. The fourth-order valence-electron chi connectivity index (χ4n) is 1.19. The summed E-state index contributed by atoms with van der Waals surface area (Å²) in [5, 5.41) is 20.8. The molecule has 2 unspecified atom stereocenters. The molecule has 4 nitrogen and oxygen atoms in total. The van der Waals surface area contributed by atoms with Crippen LogP contribution in [-0.2, 0) is 4.79 Å². The van der Waals surface area contributed by atoms with Crippen molar-refractivity contribution in [3.63, 3.8) is 0 Å². The van der Waals surface area contributed by atoms with Crippen LogP contribution in [0.5, 0.6) is 0 Å². The Bertz CT molecular complexity index is 159. The molecule has 0 aromatic carbocycles. The normalized spacial score (nSPS) is 15.1. The van der Waals surface area contributed by atoms with Crippen LogP contribution in [0.4, 0.5) is 0 Å². The predicted octanol–water partition coefficient (Wildman–Crippen LogP) is 0.990. The van der Waals surface area contributed by atoms with E-state index in [0.29, 0.717) is 19.4 Å². The molecule has 0 aliphatic rings. The molecule has 14 heavy (non-hydrogen) atoms. The lowest BCUT2D eigenvalue weighted by atomic mass is 10.1. The standard InChI is InChI=1S/C10H21NO3/c1-3-4-5-9(10(13)14)11-7-6-8(2)12/h8-9,11-12H,3-7H2,1-2H3,(H,13,14). The zero-order valence-corrected chi connectivity index (χ0v) is 8.99. The van der Waals surface area contributed by atoms with Crippen molar-refractivity contribution in [1.82, 2.24) is 5.32 Å². The van der Waals surface area contributed by atoms with Crippen molar-refractivity contribution in [2.24, 2.45) is 0 Å². The molecular weight excluding hydrogens is 182 g/mol. The fourth-order valence-corrected chi connectivity index (χ4v) is 1.19. The summed E-state index contributed by atoms with van der Waals surface area (Å²) in [5.74, 6) is -0.802. The van der Waals surface area contributed by atoms with Crippen molar-refractivity contribution >= 4 is 5.97 Å². The topological polar surface area (TPSA) is 69.6 Å².